The average Bonchev–Trinajstić information content (AvgIpc) is 2.48. The number of rotatable bonds is 5. The smallest absolute Gasteiger partial charge is 0.222 e. The molecule has 6 nitrogen and oxygen atoms in total. The van der Waals surface area contributed by atoms with Crippen molar-refractivity contribution >= 4 is 11.7 Å². The molecule has 0 unspecified atom stereocenters. The number of amides is 1. The van der Waals surface area contributed by atoms with Gasteiger partial charge < -0.3 is 15.1 Å². The van der Waals surface area contributed by atoms with Crippen LogP contribution in [0.25, 0.3) is 0 Å². The Balaban J connectivity index is 1.77. The van der Waals surface area contributed by atoms with Crippen LogP contribution in [0, 0.1) is 0 Å². The zero-order chi connectivity index (χ0) is 13.5. The molecule has 2 heterocycles. The molecule has 1 fully saturated rings. The fourth-order valence-electron chi connectivity index (χ4n) is 2.22. The molecule has 1 aliphatic rings. The lowest BCUT2D eigenvalue weighted by Gasteiger charge is -2.35. The van der Waals surface area contributed by atoms with Crippen LogP contribution in [0.5, 0.6) is 0 Å². The van der Waals surface area contributed by atoms with E-state index in [0.717, 1.165) is 45.0 Å². The minimum absolute atomic E-state index is 0.258. The van der Waals surface area contributed by atoms with Gasteiger partial charge in [0.15, 0.2) is 5.82 Å². The quantitative estimate of drug-likeness (QED) is 0.765. The molecule has 1 saturated heterocycles. The van der Waals surface area contributed by atoms with Gasteiger partial charge in [0.25, 0.3) is 0 Å². The van der Waals surface area contributed by atoms with E-state index in [4.69, 9.17) is 0 Å². The number of nitrogens with zero attached hydrogens (tertiary/aromatic N) is 4. The van der Waals surface area contributed by atoms with Crippen LogP contribution in [0.3, 0.4) is 0 Å². The summed E-state index contributed by atoms with van der Waals surface area (Å²) in [6, 6.07) is 3.84. The zero-order valence-electron chi connectivity index (χ0n) is 11.4. The Bertz CT molecular complexity index is 389. The molecule has 1 aliphatic heterocycles. The maximum atomic E-state index is 12.0. The highest BCUT2D eigenvalue weighted by Gasteiger charge is 2.21. The molecule has 0 aromatic carbocycles. The third-order valence-corrected chi connectivity index (χ3v) is 3.33. The van der Waals surface area contributed by atoms with E-state index < -0.39 is 0 Å². The summed E-state index contributed by atoms with van der Waals surface area (Å²) in [7, 11) is 1.91. The molecule has 0 bridgehead atoms. The average molecular weight is 263 g/mol. The second-order valence-electron chi connectivity index (χ2n) is 4.66. The summed E-state index contributed by atoms with van der Waals surface area (Å²) in [5.41, 5.74) is 0. The van der Waals surface area contributed by atoms with Crippen molar-refractivity contribution in [3.8, 4) is 0 Å². The largest absolute Gasteiger partial charge is 0.352 e. The number of nitrogens with one attached hydrogen (secondary N) is 1. The molecule has 0 radical (unpaired) electrons. The van der Waals surface area contributed by atoms with Crippen LogP contribution in [-0.2, 0) is 4.79 Å². The minimum Gasteiger partial charge on any atom is -0.352 e. The number of hydrogen-bond donors (Lipinski definition) is 1. The Hall–Kier alpha value is -1.69. The van der Waals surface area contributed by atoms with E-state index in [9.17, 15) is 4.79 Å². The number of carbonyl (C=O) groups is 1. The van der Waals surface area contributed by atoms with Crippen molar-refractivity contribution in [3.05, 3.63) is 18.3 Å². The molecule has 1 N–H and O–H groups in total. The van der Waals surface area contributed by atoms with Gasteiger partial charge in [-0.1, -0.05) is 0 Å². The SMILES string of the molecule is CNCCCC(=O)N1CCN(c2cccnn2)CC1. The lowest BCUT2D eigenvalue weighted by molar-refractivity contribution is -0.131. The van der Waals surface area contributed by atoms with Gasteiger partial charge in [-0.25, -0.2) is 0 Å². The van der Waals surface area contributed by atoms with Gasteiger partial charge in [-0.2, -0.15) is 5.10 Å². The molecular formula is C13H21N5O. The third kappa shape index (κ3) is 3.89. The summed E-state index contributed by atoms with van der Waals surface area (Å²) in [4.78, 5) is 16.1. The lowest BCUT2D eigenvalue weighted by Crippen LogP contribution is -2.49. The second kappa shape index (κ2) is 7.04. The van der Waals surface area contributed by atoms with E-state index in [1.54, 1.807) is 6.20 Å². The standard InChI is InChI=1S/C13H21N5O/c1-14-6-3-5-13(19)18-10-8-17(9-11-18)12-4-2-7-15-16-12/h2,4,7,14H,3,5-6,8-11H2,1H3. The van der Waals surface area contributed by atoms with Gasteiger partial charge >= 0.3 is 0 Å². The Morgan fingerprint density at radius 1 is 1.37 bits per heavy atom. The highest BCUT2D eigenvalue weighted by Crippen LogP contribution is 2.12. The number of piperazine rings is 1. The van der Waals surface area contributed by atoms with Crippen molar-refractivity contribution in [1.29, 1.82) is 0 Å². The Kier molecular flexibility index (Phi) is 5.09. The first-order chi connectivity index (χ1) is 9.31. The summed E-state index contributed by atoms with van der Waals surface area (Å²) < 4.78 is 0. The third-order valence-electron chi connectivity index (χ3n) is 3.33. The summed E-state index contributed by atoms with van der Waals surface area (Å²) in [6.45, 7) is 4.10. The van der Waals surface area contributed by atoms with Crippen LogP contribution < -0.4 is 10.2 Å². The first-order valence-electron chi connectivity index (χ1n) is 6.76. The van der Waals surface area contributed by atoms with Crippen LogP contribution >= 0.6 is 0 Å². The summed E-state index contributed by atoms with van der Waals surface area (Å²) in [5, 5.41) is 11.0. The van der Waals surface area contributed by atoms with Crippen LogP contribution in [0.1, 0.15) is 12.8 Å². The van der Waals surface area contributed by atoms with Gasteiger partial charge in [0.1, 0.15) is 0 Å². The van der Waals surface area contributed by atoms with E-state index in [1.807, 2.05) is 24.1 Å². The highest BCUT2D eigenvalue weighted by molar-refractivity contribution is 5.76. The van der Waals surface area contributed by atoms with Gasteiger partial charge in [0, 0.05) is 38.8 Å². The Morgan fingerprint density at radius 2 is 2.16 bits per heavy atom. The topological polar surface area (TPSA) is 61.4 Å². The predicted molar refractivity (Wildman–Crippen MR) is 74.0 cm³/mol. The van der Waals surface area contributed by atoms with Crippen LogP contribution in [0.4, 0.5) is 5.82 Å². The van der Waals surface area contributed by atoms with Gasteiger partial charge in [-0.15, -0.1) is 5.10 Å². The molecule has 2 rings (SSSR count). The Morgan fingerprint density at radius 3 is 2.79 bits per heavy atom. The van der Waals surface area contributed by atoms with Crippen molar-refractivity contribution in [3.63, 3.8) is 0 Å². The minimum atomic E-state index is 0.258. The van der Waals surface area contributed by atoms with E-state index >= 15 is 0 Å². The molecular weight excluding hydrogens is 242 g/mol. The van der Waals surface area contributed by atoms with Crippen LogP contribution in [-0.4, -0.2) is 60.8 Å². The molecule has 1 amide bonds. The number of anilines is 1. The normalized spacial score (nSPS) is 15.6. The number of hydrogen-bond acceptors (Lipinski definition) is 5. The number of carbonyl (C=O) groups excluding carboxylic acids is 1. The summed E-state index contributed by atoms with van der Waals surface area (Å²) >= 11 is 0. The Labute approximate surface area is 113 Å². The van der Waals surface area contributed by atoms with E-state index in [2.05, 4.69) is 20.4 Å². The van der Waals surface area contributed by atoms with Crippen LogP contribution in [0.2, 0.25) is 0 Å². The molecule has 19 heavy (non-hydrogen) atoms. The summed E-state index contributed by atoms with van der Waals surface area (Å²) in [5.74, 6) is 1.15. The molecule has 0 spiro atoms. The monoisotopic (exact) mass is 263 g/mol. The second-order valence-corrected chi connectivity index (χ2v) is 4.66. The van der Waals surface area contributed by atoms with Crippen molar-refractivity contribution in [2.24, 2.45) is 0 Å². The van der Waals surface area contributed by atoms with Gasteiger partial charge in [-0.05, 0) is 32.1 Å². The first kappa shape index (κ1) is 13.7. The van der Waals surface area contributed by atoms with Crippen molar-refractivity contribution in [2.75, 3.05) is 44.7 Å². The van der Waals surface area contributed by atoms with E-state index in [0.29, 0.717) is 6.42 Å². The maximum absolute atomic E-state index is 12.0. The molecule has 6 heteroatoms. The van der Waals surface area contributed by atoms with Gasteiger partial charge in [0.2, 0.25) is 5.91 Å². The zero-order valence-corrected chi connectivity index (χ0v) is 11.4. The maximum Gasteiger partial charge on any atom is 0.222 e. The molecule has 104 valence electrons. The number of aromatic nitrogens is 2. The highest BCUT2D eigenvalue weighted by atomic mass is 16.2. The van der Waals surface area contributed by atoms with Gasteiger partial charge in [-0.3, -0.25) is 4.79 Å². The molecule has 0 atom stereocenters. The fraction of sp³-hybridized carbons (Fsp3) is 0.615. The lowest BCUT2D eigenvalue weighted by atomic mass is 10.2. The van der Waals surface area contributed by atoms with Crippen molar-refractivity contribution < 1.29 is 4.79 Å². The molecule has 1 aromatic heterocycles. The van der Waals surface area contributed by atoms with Crippen molar-refractivity contribution in [1.82, 2.24) is 20.4 Å². The molecule has 0 aliphatic carbocycles. The van der Waals surface area contributed by atoms with E-state index in [-0.39, 0.29) is 5.91 Å². The fourth-order valence-corrected chi connectivity index (χ4v) is 2.22. The predicted octanol–water partition coefficient (Wildman–Crippen LogP) is 0.125. The van der Waals surface area contributed by atoms with E-state index in [1.165, 1.54) is 0 Å². The molecule has 1 aromatic rings. The van der Waals surface area contributed by atoms with Crippen molar-refractivity contribution in [2.45, 2.75) is 12.8 Å². The summed E-state index contributed by atoms with van der Waals surface area (Å²) in [6.07, 6.45) is 3.21. The molecule has 0 saturated carbocycles. The first-order valence-corrected chi connectivity index (χ1v) is 6.76. The van der Waals surface area contributed by atoms with Gasteiger partial charge in [0.05, 0.1) is 0 Å². The van der Waals surface area contributed by atoms with Crippen LogP contribution in [0.15, 0.2) is 18.3 Å².